The van der Waals surface area contributed by atoms with Crippen LogP contribution in [0.2, 0.25) is 0 Å². The topological polar surface area (TPSA) is 71.8 Å². The van der Waals surface area contributed by atoms with Crippen molar-refractivity contribution in [2.24, 2.45) is 0 Å². The molecule has 1 fully saturated rings. The summed E-state index contributed by atoms with van der Waals surface area (Å²) in [6.45, 7) is 4.42. The van der Waals surface area contributed by atoms with Gasteiger partial charge < -0.3 is 5.73 Å². The second kappa shape index (κ2) is 4.57. The number of nitrogen functional groups attached to an aromatic ring is 1. The highest BCUT2D eigenvalue weighted by atomic mass is 32.2. The SMILES string of the molecule is CC1(C)CC(c2c(S)nc(N)[nH]c2=O)CCS1. The van der Waals surface area contributed by atoms with Crippen molar-refractivity contribution in [2.45, 2.75) is 42.4 Å². The predicted molar refractivity (Wildman–Crippen MR) is 75.0 cm³/mol. The number of aromatic amines is 1. The number of hydrogen-bond acceptors (Lipinski definition) is 5. The van der Waals surface area contributed by atoms with Gasteiger partial charge in [-0.15, -0.1) is 12.6 Å². The van der Waals surface area contributed by atoms with Crippen LogP contribution in [0.3, 0.4) is 0 Å². The minimum Gasteiger partial charge on any atom is -0.369 e. The molecule has 1 aliphatic rings. The van der Waals surface area contributed by atoms with Gasteiger partial charge in [-0.25, -0.2) is 4.98 Å². The highest BCUT2D eigenvalue weighted by molar-refractivity contribution is 8.00. The maximum Gasteiger partial charge on any atom is 0.256 e. The fraction of sp³-hybridized carbons (Fsp3) is 0.636. The van der Waals surface area contributed by atoms with Crippen molar-refractivity contribution in [1.82, 2.24) is 9.97 Å². The van der Waals surface area contributed by atoms with E-state index in [9.17, 15) is 4.79 Å². The number of nitrogens with one attached hydrogen (secondary N) is 1. The molecule has 0 amide bonds. The Hall–Kier alpha value is -0.620. The first-order chi connectivity index (χ1) is 7.89. The second-order valence-electron chi connectivity index (χ2n) is 4.99. The van der Waals surface area contributed by atoms with Crippen LogP contribution in [0.4, 0.5) is 5.95 Å². The number of anilines is 1. The molecule has 1 saturated heterocycles. The first-order valence-corrected chi connectivity index (χ1v) is 7.05. The lowest BCUT2D eigenvalue weighted by Gasteiger charge is -2.34. The Kier molecular flexibility index (Phi) is 3.45. The van der Waals surface area contributed by atoms with Crippen molar-refractivity contribution >= 4 is 30.3 Å². The zero-order valence-corrected chi connectivity index (χ0v) is 11.7. The molecule has 1 atom stereocenters. The third-order valence-corrected chi connectivity index (χ3v) is 4.79. The lowest BCUT2D eigenvalue weighted by atomic mass is 9.88. The third kappa shape index (κ3) is 2.80. The Morgan fingerprint density at radius 1 is 1.59 bits per heavy atom. The molecule has 0 spiro atoms. The van der Waals surface area contributed by atoms with E-state index < -0.39 is 0 Å². The average Bonchev–Trinajstić information content (AvgIpc) is 2.13. The number of aromatic nitrogens is 2. The van der Waals surface area contributed by atoms with Crippen molar-refractivity contribution < 1.29 is 0 Å². The van der Waals surface area contributed by atoms with Gasteiger partial charge in [-0.1, -0.05) is 13.8 Å². The average molecular weight is 271 g/mol. The van der Waals surface area contributed by atoms with Crippen molar-refractivity contribution in [3.05, 3.63) is 15.9 Å². The quantitative estimate of drug-likeness (QED) is 0.540. The molecule has 0 aliphatic carbocycles. The van der Waals surface area contributed by atoms with Gasteiger partial charge in [-0.3, -0.25) is 9.78 Å². The largest absolute Gasteiger partial charge is 0.369 e. The van der Waals surface area contributed by atoms with E-state index in [0.717, 1.165) is 18.6 Å². The summed E-state index contributed by atoms with van der Waals surface area (Å²) in [5, 5.41) is 0.471. The molecule has 0 aromatic carbocycles. The maximum atomic E-state index is 11.9. The first-order valence-electron chi connectivity index (χ1n) is 5.62. The summed E-state index contributed by atoms with van der Waals surface area (Å²) in [7, 11) is 0. The Bertz CT molecular complexity index is 484. The molecule has 2 rings (SSSR count). The fourth-order valence-electron chi connectivity index (χ4n) is 2.33. The fourth-order valence-corrected chi connectivity index (χ4v) is 4.00. The van der Waals surface area contributed by atoms with Gasteiger partial charge in [0.25, 0.3) is 5.56 Å². The summed E-state index contributed by atoms with van der Waals surface area (Å²) >= 11 is 6.24. The van der Waals surface area contributed by atoms with Crippen LogP contribution in [0.15, 0.2) is 9.82 Å². The summed E-state index contributed by atoms with van der Waals surface area (Å²) in [5.41, 5.74) is 6.04. The number of nitrogens with zero attached hydrogens (tertiary/aromatic N) is 1. The molecule has 0 saturated carbocycles. The predicted octanol–water partition coefficient (Wildman–Crippen LogP) is 2.03. The number of hydrogen-bond donors (Lipinski definition) is 3. The molecular formula is C11H17N3OS2. The number of H-pyrrole nitrogens is 1. The molecule has 1 unspecified atom stereocenters. The number of thioether (sulfide) groups is 1. The van der Waals surface area contributed by atoms with Crippen LogP contribution < -0.4 is 11.3 Å². The van der Waals surface area contributed by atoms with Crippen molar-refractivity contribution in [3.63, 3.8) is 0 Å². The molecule has 2 heterocycles. The molecule has 17 heavy (non-hydrogen) atoms. The summed E-state index contributed by atoms with van der Waals surface area (Å²) in [6, 6.07) is 0. The van der Waals surface area contributed by atoms with Crippen molar-refractivity contribution in [2.75, 3.05) is 11.5 Å². The first kappa shape index (κ1) is 12.8. The summed E-state index contributed by atoms with van der Waals surface area (Å²) < 4.78 is 0.205. The van der Waals surface area contributed by atoms with Crippen LogP contribution in [0, 0.1) is 0 Å². The van der Waals surface area contributed by atoms with Crippen LogP contribution in [0.5, 0.6) is 0 Å². The third-order valence-electron chi connectivity index (χ3n) is 3.06. The second-order valence-corrected chi connectivity index (χ2v) is 7.21. The van der Waals surface area contributed by atoms with Gasteiger partial charge in [0.1, 0.15) is 5.03 Å². The molecule has 94 valence electrons. The van der Waals surface area contributed by atoms with E-state index in [1.54, 1.807) is 0 Å². The molecule has 0 radical (unpaired) electrons. The zero-order valence-electron chi connectivity index (χ0n) is 9.99. The smallest absolute Gasteiger partial charge is 0.256 e. The summed E-state index contributed by atoms with van der Waals surface area (Å²) in [4.78, 5) is 18.5. The lowest BCUT2D eigenvalue weighted by Crippen LogP contribution is -2.29. The van der Waals surface area contributed by atoms with Crippen LogP contribution in [-0.4, -0.2) is 20.5 Å². The van der Waals surface area contributed by atoms with E-state index in [2.05, 4.69) is 36.4 Å². The Morgan fingerprint density at radius 3 is 2.88 bits per heavy atom. The van der Waals surface area contributed by atoms with Gasteiger partial charge >= 0.3 is 0 Å². The van der Waals surface area contributed by atoms with E-state index in [1.165, 1.54) is 0 Å². The number of rotatable bonds is 1. The van der Waals surface area contributed by atoms with Gasteiger partial charge in [0.15, 0.2) is 0 Å². The molecule has 0 bridgehead atoms. The van der Waals surface area contributed by atoms with Crippen molar-refractivity contribution in [3.8, 4) is 0 Å². The normalized spacial score (nSPS) is 23.6. The maximum absolute atomic E-state index is 11.9. The summed E-state index contributed by atoms with van der Waals surface area (Å²) in [6.07, 6.45) is 1.97. The number of nitrogens with two attached hydrogens (primary N) is 1. The van der Waals surface area contributed by atoms with E-state index in [0.29, 0.717) is 10.6 Å². The standard InChI is InChI=1S/C11H17N3OS2/c1-11(2)5-6(3-4-17-11)7-8(15)13-10(12)14-9(7)16/h6H,3-5H2,1-2H3,(H4,12,13,14,15,16). The monoisotopic (exact) mass is 271 g/mol. The molecular weight excluding hydrogens is 254 g/mol. The molecule has 1 aromatic rings. The molecule has 3 N–H and O–H groups in total. The van der Waals surface area contributed by atoms with Crippen LogP contribution >= 0.6 is 24.4 Å². The van der Waals surface area contributed by atoms with Gasteiger partial charge in [-0.2, -0.15) is 11.8 Å². The van der Waals surface area contributed by atoms with E-state index >= 15 is 0 Å². The van der Waals surface area contributed by atoms with E-state index in [1.807, 2.05) is 11.8 Å². The molecule has 6 heteroatoms. The zero-order chi connectivity index (χ0) is 12.6. The van der Waals surface area contributed by atoms with E-state index in [-0.39, 0.29) is 22.2 Å². The molecule has 1 aromatic heterocycles. The highest BCUT2D eigenvalue weighted by Crippen LogP contribution is 2.43. The van der Waals surface area contributed by atoms with Gasteiger partial charge in [0.2, 0.25) is 5.95 Å². The van der Waals surface area contributed by atoms with E-state index in [4.69, 9.17) is 5.73 Å². The molecule has 1 aliphatic heterocycles. The van der Waals surface area contributed by atoms with Crippen LogP contribution in [0.1, 0.15) is 38.2 Å². The Morgan fingerprint density at radius 2 is 2.29 bits per heavy atom. The summed E-state index contributed by atoms with van der Waals surface area (Å²) in [5.74, 6) is 1.43. The minimum atomic E-state index is -0.143. The van der Waals surface area contributed by atoms with Gasteiger partial charge in [-0.05, 0) is 24.5 Å². The van der Waals surface area contributed by atoms with Gasteiger partial charge in [0, 0.05) is 4.75 Å². The van der Waals surface area contributed by atoms with Crippen LogP contribution in [-0.2, 0) is 0 Å². The van der Waals surface area contributed by atoms with Gasteiger partial charge in [0.05, 0.1) is 5.56 Å². The highest BCUT2D eigenvalue weighted by Gasteiger charge is 2.32. The minimum absolute atomic E-state index is 0.133. The Labute approximate surface area is 110 Å². The van der Waals surface area contributed by atoms with Crippen LogP contribution in [0.25, 0.3) is 0 Å². The van der Waals surface area contributed by atoms with Crippen molar-refractivity contribution in [1.29, 1.82) is 0 Å². The Balaban J connectivity index is 2.37. The number of thiol groups is 1. The molecule has 4 nitrogen and oxygen atoms in total. The lowest BCUT2D eigenvalue weighted by molar-refractivity contribution is 0.494.